The molecule has 258 valence electrons. The summed E-state index contributed by atoms with van der Waals surface area (Å²) in [6.45, 7) is 13.9. The summed E-state index contributed by atoms with van der Waals surface area (Å²) in [6, 6.07) is 23.8. The highest BCUT2D eigenvalue weighted by atomic mass is 16.6. The normalized spacial score (nSPS) is 13.0. The molecule has 8 nitrogen and oxygen atoms in total. The number of hydrogen-bond donors (Lipinski definition) is 0. The van der Waals surface area contributed by atoms with Crippen LogP contribution < -0.4 is 9.47 Å². The molecule has 0 aliphatic rings. The Labute approximate surface area is 285 Å². The van der Waals surface area contributed by atoms with Crippen molar-refractivity contribution in [2.45, 2.75) is 66.6 Å². The van der Waals surface area contributed by atoms with Gasteiger partial charge in [-0.3, -0.25) is 0 Å². The SMILES string of the molecule is CCOC(=O)C(Cc1ccc(OC/C=C(\C)c2ccc(/C(C)=C/COc3ccc(CC(OCC)C(=O)OCC)cc3)cc2)cc1)OCC. The Bertz CT molecular complexity index is 1340. The Balaban J connectivity index is 1.47. The van der Waals surface area contributed by atoms with E-state index in [0.29, 0.717) is 52.5 Å². The molecule has 48 heavy (non-hydrogen) atoms. The van der Waals surface area contributed by atoms with Crippen molar-refractivity contribution in [3.63, 3.8) is 0 Å². The van der Waals surface area contributed by atoms with E-state index in [2.05, 4.69) is 50.3 Å². The van der Waals surface area contributed by atoms with Crippen LogP contribution in [0.5, 0.6) is 11.5 Å². The highest BCUT2D eigenvalue weighted by Gasteiger charge is 2.21. The van der Waals surface area contributed by atoms with Gasteiger partial charge >= 0.3 is 11.9 Å². The molecule has 0 heterocycles. The van der Waals surface area contributed by atoms with Crippen molar-refractivity contribution in [3.05, 3.63) is 107 Å². The highest BCUT2D eigenvalue weighted by molar-refractivity contribution is 5.75. The minimum absolute atomic E-state index is 0.329. The third kappa shape index (κ3) is 12.7. The van der Waals surface area contributed by atoms with Gasteiger partial charge in [-0.2, -0.15) is 0 Å². The lowest BCUT2D eigenvalue weighted by Gasteiger charge is -2.15. The molecule has 3 aromatic rings. The molecular weight excluding hydrogens is 608 g/mol. The molecule has 0 saturated heterocycles. The van der Waals surface area contributed by atoms with Crippen LogP contribution in [0.2, 0.25) is 0 Å². The van der Waals surface area contributed by atoms with Crippen LogP contribution in [0.25, 0.3) is 11.1 Å². The van der Waals surface area contributed by atoms with Gasteiger partial charge in [-0.15, -0.1) is 0 Å². The molecule has 0 bridgehead atoms. The molecule has 0 aliphatic heterocycles. The number of esters is 2. The molecule has 3 aromatic carbocycles. The molecule has 0 spiro atoms. The molecular formula is C40H50O8. The second kappa shape index (κ2) is 20.8. The molecule has 8 heteroatoms. The second-order valence-corrected chi connectivity index (χ2v) is 11.1. The summed E-state index contributed by atoms with van der Waals surface area (Å²) in [5.74, 6) is 0.833. The third-order valence-corrected chi connectivity index (χ3v) is 7.60. The lowest BCUT2D eigenvalue weighted by Crippen LogP contribution is -2.28. The Morgan fingerprint density at radius 1 is 0.542 bits per heavy atom. The van der Waals surface area contributed by atoms with Crippen molar-refractivity contribution in [1.29, 1.82) is 0 Å². The summed E-state index contributed by atoms with van der Waals surface area (Å²) in [6.07, 6.45) is 3.81. The van der Waals surface area contributed by atoms with Crippen LogP contribution in [-0.4, -0.2) is 63.8 Å². The van der Waals surface area contributed by atoms with Gasteiger partial charge in [0.1, 0.15) is 24.7 Å². The van der Waals surface area contributed by atoms with Crippen molar-refractivity contribution in [2.75, 3.05) is 39.6 Å². The van der Waals surface area contributed by atoms with E-state index in [0.717, 1.165) is 44.9 Å². The first-order chi connectivity index (χ1) is 23.3. The number of carbonyl (C=O) groups is 2. The van der Waals surface area contributed by atoms with E-state index >= 15 is 0 Å². The molecule has 0 aliphatic carbocycles. The fourth-order valence-corrected chi connectivity index (χ4v) is 4.92. The smallest absolute Gasteiger partial charge is 0.335 e. The molecule has 0 amide bonds. The van der Waals surface area contributed by atoms with Gasteiger partial charge in [0, 0.05) is 26.1 Å². The lowest BCUT2D eigenvalue weighted by molar-refractivity contribution is -0.157. The Morgan fingerprint density at radius 3 is 1.21 bits per heavy atom. The van der Waals surface area contributed by atoms with E-state index in [4.69, 9.17) is 28.4 Å². The van der Waals surface area contributed by atoms with Crippen LogP contribution in [-0.2, 0) is 41.4 Å². The topological polar surface area (TPSA) is 89.5 Å². The maximum absolute atomic E-state index is 12.1. The minimum atomic E-state index is -0.610. The zero-order chi connectivity index (χ0) is 34.7. The summed E-state index contributed by atoms with van der Waals surface area (Å²) < 4.78 is 33.3. The first-order valence-electron chi connectivity index (χ1n) is 16.7. The van der Waals surface area contributed by atoms with Gasteiger partial charge < -0.3 is 28.4 Å². The van der Waals surface area contributed by atoms with Crippen molar-refractivity contribution in [1.82, 2.24) is 0 Å². The summed E-state index contributed by atoms with van der Waals surface area (Å²) in [4.78, 5) is 24.3. The number of rotatable bonds is 20. The Kier molecular flexibility index (Phi) is 16.5. The van der Waals surface area contributed by atoms with E-state index < -0.39 is 12.2 Å². The molecule has 0 fully saturated rings. The first-order valence-corrected chi connectivity index (χ1v) is 16.7. The monoisotopic (exact) mass is 658 g/mol. The fraction of sp³-hybridized carbons (Fsp3) is 0.400. The first kappa shape index (κ1) is 38.1. The van der Waals surface area contributed by atoms with Crippen LogP contribution in [0.3, 0.4) is 0 Å². The highest BCUT2D eigenvalue weighted by Crippen LogP contribution is 2.21. The van der Waals surface area contributed by atoms with Crippen molar-refractivity contribution in [3.8, 4) is 11.5 Å². The van der Waals surface area contributed by atoms with Crippen molar-refractivity contribution < 1.29 is 38.0 Å². The third-order valence-electron chi connectivity index (χ3n) is 7.60. The molecule has 2 unspecified atom stereocenters. The van der Waals surface area contributed by atoms with E-state index in [1.54, 1.807) is 13.8 Å². The van der Waals surface area contributed by atoms with E-state index in [1.165, 1.54) is 0 Å². The van der Waals surface area contributed by atoms with Gasteiger partial charge in [0.2, 0.25) is 0 Å². The Morgan fingerprint density at radius 2 is 0.896 bits per heavy atom. The average Bonchev–Trinajstić information content (AvgIpc) is 3.09. The standard InChI is InChI=1S/C40H50O8/c1-7-43-37(39(41)45-9-3)27-31-11-19-35(20-12-31)47-25-23-29(5)33-15-17-34(18-16-33)30(6)24-26-48-36-21-13-32(14-22-36)28-38(44-8-2)40(42)46-10-4/h11-24,37-38H,7-10,25-28H2,1-6H3/b29-23+,30-24+. The number of benzene rings is 3. The second-order valence-electron chi connectivity index (χ2n) is 11.1. The van der Waals surface area contributed by atoms with E-state index in [9.17, 15) is 9.59 Å². The number of allylic oxidation sites excluding steroid dienone is 2. The number of carbonyl (C=O) groups excluding carboxylic acids is 2. The van der Waals surface area contributed by atoms with Crippen molar-refractivity contribution >= 4 is 23.1 Å². The van der Waals surface area contributed by atoms with Crippen LogP contribution in [0.1, 0.15) is 63.8 Å². The van der Waals surface area contributed by atoms with E-state index in [1.807, 2.05) is 62.4 Å². The van der Waals surface area contributed by atoms with Gasteiger partial charge in [-0.25, -0.2) is 9.59 Å². The predicted octanol–water partition coefficient (Wildman–Crippen LogP) is 7.67. The van der Waals surface area contributed by atoms with E-state index in [-0.39, 0.29) is 11.9 Å². The minimum Gasteiger partial charge on any atom is -0.490 e. The van der Waals surface area contributed by atoms with Gasteiger partial charge in [0.15, 0.2) is 12.2 Å². The summed E-state index contributed by atoms with van der Waals surface area (Å²) in [5, 5.41) is 0. The zero-order valence-electron chi connectivity index (χ0n) is 29.2. The van der Waals surface area contributed by atoms with Gasteiger partial charge in [0.05, 0.1) is 13.2 Å². The predicted molar refractivity (Wildman–Crippen MR) is 189 cm³/mol. The van der Waals surface area contributed by atoms with Crippen LogP contribution in [0, 0.1) is 0 Å². The molecule has 0 saturated carbocycles. The largest absolute Gasteiger partial charge is 0.490 e. The summed E-state index contributed by atoms with van der Waals surface area (Å²) >= 11 is 0. The van der Waals surface area contributed by atoms with Crippen molar-refractivity contribution in [2.24, 2.45) is 0 Å². The average molecular weight is 659 g/mol. The fourth-order valence-electron chi connectivity index (χ4n) is 4.92. The van der Waals surface area contributed by atoms with Gasteiger partial charge in [0.25, 0.3) is 0 Å². The van der Waals surface area contributed by atoms with Crippen LogP contribution >= 0.6 is 0 Å². The van der Waals surface area contributed by atoms with Crippen LogP contribution in [0.15, 0.2) is 84.9 Å². The quantitative estimate of drug-likeness (QED) is 0.114. The Hall–Kier alpha value is -4.40. The van der Waals surface area contributed by atoms with Gasteiger partial charge in [-0.1, -0.05) is 48.5 Å². The number of ether oxygens (including phenoxy) is 6. The number of hydrogen-bond acceptors (Lipinski definition) is 8. The molecule has 2 atom stereocenters. The maximum atomic E-state index is 12.1. The summed E-state index contributed by atoms with van der Waals surface area (Å²) in [7, 11) is 0. The molecule has 0 radical (unpaired) electrons. The molecule has 0 N–H and O–H groups in total. The van der Waals surface area contributed by atoms with Gasteiger partial charge in [-0.05, 0) is 111 Å². The lowest BCUT2D eigenvalue weighted by atomic mass is 10.0. The molecule has 3 rings (SSSR count). The zero-order valence-corrected chi connectivity index (χ0v) is 29.2. The van der Waals surface area contributed by atoms with Crippen LogP contribution in [0.4, 0.5) is 0 Å². The summed E-state index contributed by atoms with van der Waals surface area (Å²) in [5.41, 5.74) is 6.44. The molecule has 0 aromatic heterocycles. The maximum Gasteiger partial charge on any atom is 0.335 e.